The molecule has 8 rings (SSSR count). The van der Waals surface area contributed by atoms with E-state index in [1.165, 1.54) is 0 Å². The van der Waals surface area contributed by atoms with Gasteiger partial charge in [-0.25, -0.2) is 0 Å². The molecular weight excluding hydrogens is 965 g/mol. The van der Waals surface area contributed by atoms with Gasteiger partial charge >= 0.3 is 0 Å². The number of thioether (sulfide) groups is 2. The fourth-order valence-corrected chi connectivity index (χ4v) is 15.0. The Balaban J connectivity index is 0.816. The number of nitrogens with zero attached hydrogens (tertiary/aromatic N) is 2. The number of rotatable bonds is 20. The average molecular weight is 1050 g/mol. The summed E-state index contributed by atoms with van der Waals surface area (Å²) in [5, 5.41) is 12.4. The van der Waals surface area contributed by atoms with E-state index < -0.39 is 35.0 Å². The summed E-state index contributed by atoms with van der Waals surface area (Å²) in [6.07, 6.45) is 5.81. The minimum atomic E-state index is -0.703. The Morgan fingerprint density at radius 1 is 0.616 bits per heavy atom. The minimum Gasteiger partial charge on any atom is -0.381 e. The van der Waals surface area contributed by atoms with Crippen molar-refractivity contribution in [3.8, 4) is 0 Å². The molecule has 0 aromatic heterocycles. The van der Waals surface area contributed by atoms with Crippen molar-refractivity contribution in [3.05, 3.63) is 70.8 Å². The number of carbonyl (C=O) groups excluding carboxylic acids is 6. The Kier molecular flexibility index (Phi) is 18.0. The van der Waals surface area contributed by atoms with Crippen molar-refractivity contribution >= 4 is 59.0 Å². The highest BCUT2D eigenvalue weighted by Crippen LogP contribution is 2.48. The van der Waals surface area contributed by atoms with Gasteiger partial charge in [0.1, 0.15) is 24.2 Å². The van der Waals surface area contributed by atoms with Crippen molar-refractivity contribution in [2.24, 2.45) is 22.7 Å². The normalized spacial score (nSPS) is 29.8. The SMILES string of the molecule is CC[C@@H](C)C(=O)N[C@H]1CCS[C@H]2CC(C)(C)[C@@H](C(=O)N[C@H]3c4ccccc4C[C@H]3OCCCOCCCO[C@@H]3Cc4ccccc4[C@@H]3NC(=O)[C@H]3N4C(=O)[C@@H](NC(=O)[C@H](C)CC)CCS[C@H]4CC3(C)C)N2C1=O. The third-order valence-corrected chi connectivity index (χ3v) is 18.8. The molecule has 15 nitrogen and oxygen atoms in total. The quantitative estimate of drug-likeness (QED) is 0.105. The second-order valence-corrected chi connectivity index (χ2v) is 25.1. The zero-order valence-corrected chi connectivity index (χ0v) is 45.9. The number of hydrogen-bond acceptors (Lipinski definition) is 11. The molecule has 0 unspecified atom stereocenters. The Bertz CT molecular complexity index is 2180. The van der Waals surface area contributed by atoms with Gasteiger partial charge in [-0.1, -0.05) is 104 Å². The van der Waals surface area contributed by atoms with Crippen LogP contribution < -0.4 is 21.3 Å². The first-order chi connectivity index (χ1) is 34.9. The maximum Gasteiger partial charge on any atom is 0.246 e. The van der Waals surface area contributed by atoms with Crippen molar-refractivity contribution in [2.75, 3.05) is 37.9 Å². The highest BCUT2D eigenvalue weighted by molar-refractivity contribution is 8.00. The van der Waals surface area contributed by atoms with E-state index in [0.29, 0.717) is 90.6 Å². The van der Waals surface area contributed by atoms with E-state index in [1.807, 2.05) is 64.1 Å². The molecule has 2 aromatic carbocycles. The van der Waals surface area contributed by atoms with Gasteiger partial charge in [-0.2, -0.15) is 0 Å². The van der Waals surface area contributed by atoms with E-state index in [-0.39, 0.29) is 82.3 Å². The molecule has 4 fully saturated rings. The Morgan fingerprint density at radius 2 is 1.01 bits per heavy atom. The molecule has 2 aromatic rings. The van der Waals surface area contributed by atoms with Crippen LogP contribution in [-0.4, -0.2) is 130 Å². The second-order valence-electron chi connectivity index (χ2n) is 22.6. The van der Waals surface area contributed by atoms with Crippen molar-refractivity contribution in [1.29, 1.82) is 0 Å². The fourth-order valence-electron chi connectivity index (χ4n) is 11.8. The predicted molar refractivity (Wildman–Crippen MR) is 284 cm³/mol. The van der Waals surface area contributed by atoms with Crippen LogP contribution in [0.2, 0.25) is 0 Å². The van der Waals surface area contributed by atoms with E-state index in [1.54, 1.807) is 33.3 Å². The molecule has 4 saturated heterocycles. The minimum absolute atomic E-state index is 0.133. The van der Waals surface area contributed by atoms with Gasteiger partial charge < -0.3 is 45.3 Å². The summed E-state index contributed by atoms with van der Waals surface area (Å²) in [7, 11) is 0. The fraction of sp³-hybridized carbons (Fsp3) is 0.679. The van der Waals surface area contributed by atoms with Crippen LogP contribution in [0.15, 0.2) is 48.5 Å². The molecule has 4 aliphatic heterocycles. The van der Waals surface area contributed by atoms with E-state index >= 15 is 0 Å². The second kappa shape index (κ2) is 23.8. The number of benzene rings is 2. The monoisotopic (exact) mass is 1040 g/mol. The Hall–Kier alpha value is -4.16. The van der Waals surface area contributed by atoms with Gasteiger partial charge in [-0.3, -0.25) is 28.8 Å². The number of fused-ring (bicyclic) bond motifs is 4. The Morgan fingerprint density at radius 3 is 1.41 bits per heavy atom. The number of nitrogens with one attached hydrogen (secondary N) is 4. The van der Waals surface area contributed by atoms with Crippen molar-refractivity contribution in [3.63, 3.8) is 0 Å². The van der Waals surface area contributed by atoms with Gasteiger partial charge in [0.05, 0.1) is 35.0 Å². The summed E-state index contributed by atoms with van der Waals surface area (Å²) >= 11 is 3.38. The summed E-state index contributed by atoms with van der Waals surface area (Å²) in [6.45, 7) is 17.7. The van der Waals surface area contributed by atoms with Gasteiger partial charge in [0, 0.05) is 51.1 Å². The van der Waals surface area contributed by atoms with Crippen molar-refractivity contribution in [1.82, 2.24) is 31.1 Å². The van der Waals surface area contributed by atoms with E-state index in [9.17, 15) is 28.8 Å². The summed E-state index contributed by atoms with van der Waals surface area (Å²) < 4.78 is 19.1. The van der Waals surface area contributed by atoms with Gasteiger partial charge in [-0.15, -0.1) is 23.5 Å². The molecule has 6 amide bonds. The molecule has 0 bridgehead atoms. The number of carbonyl (C=O) groups is 6. The predicted octanol–water partition coefficient (Wildman–Crippen LogP) is 6.62. The standard InChI is InChI=1S/C56H80N6O9S2/c1-9-33(3)49(63)57-39-21-27-72-43-31-55(5,6)47(61(43)53(39)67)51(65)59-45-37-19-13-11-17-35(37)29-41(45)70-25-15-23-69-24-16-26-71-42-30-36-18-12-14-20-38(36)46(42)60-52(66)48-56(7,8)32-44-62(48)54(68)40(22-28-73-44)58-50(64)34(4)10-2/h11-14,17-20,33-34,39-48H,9-10,15-16,21-32H2,1-8H3,(H,57,63)(H,58,64)(H,59,65)(H,60,66)/t33-,34-,39+,40+,41-,42-,43+,44+,45+,46+,47-,48-/m1/s1. The van der Waals surface area contributed by atoms with Crippen LogP contribution >= 0.6 is 23.5 Å². The summed E-state index contributed by atoms with van der Waals surface area (Å²) in [6, 6.07) is 12.7. The molecule has 6 aliphatic rings. The van der Waals surface area contributed by atoms with Crippen LogP contribution in [0.1, 0.15) is 141 Å². The number of hydrogen-bond donors (Lipinski definition) is 4. The largest absolute Gasteiger partial charge is 0.381 e. The van der Waals surface area contributed by atoms with Gasteiger partial charge in [0.25, 0.3) is 0 Å². The first kappa shape index (κ1) is 55.1. The third-order valence-electron chi connectivity index (χ3n) is 16.3. The summed E-state index contributed by atoms with van der Waals surface area (Å²) in [5.41, 5.74) is 3.32. The third kappa shape index (κ3) is 12.1. The smallest absolute Gasteiger partial charge is 0.246 e. The molecule has 4 heterocycles. The average Bonchev–Trinajstić information content (AvgIpc) is 4.01. The highest BCUT2D eigenvalue weighted by Gasteiger charge is 2.57. The zero-order chi connectivity index (χ0) is 52.2. The van der Waals surface area contributed by atoms with Gasteiger partial charge in [-0.05, 0) is 96.0 Å². The van der Waals surface area contributed by atoms with Crippen LogP contribution in [0.3, 0.4) is 0 Å². The lowest BCUT2D eigenvalue weighted by Gasteiger charge is -2.35. The highest BCUT2D eigenvalue weighted by atomic mass is 32.2. The maximum absolute atomic E-state index is 14.6. The van der Waals surface area contributed by atoms with E-state index in [0.717, 1.165) is 33.8 Å². The lowest BCUT2D eigenvalue weighted by atomic mass is 9.83. The molecule has 12 atom stereocenters. The number of ether oxygens (including phenoxy) is 3. The molecule has 0 radical (unpaired) electrons. The lowest BCUT2D eigenvalue weighted by molar-refractivity contribution is -0.144. The molecule has 0 spiro atoms. The molecule has 400 valence electrons. The van der Waals surface area contributed by atoms with Crippen LogP contribution in [-0.2, 0) is 55.8 Å². The number of amides is 6. The van der Waals surface area contributed by atoms with Crippen molar-refractivity contribution in [2.45, 2.75) is 179 Å². The molecule has 2 aliphatic carbocycles. The van der Waals surface area contributed by atoms with Crippen LogP contribution in [0.25, 0.3) is 0 Å². The lowest BCUT2D eigenvalue weighted by Crippen LogP contribution is -2.57. The molecule has 4 N–H and O–H groups in total. The molecule has 73 heavy (non-hydrogen) atoms. The van der Waals surface area contributed by atoms with Crippen molar-refractivity contribution < 1.29 is 43.0 Å². The van der Waals surface area contributed by atoms with Crippen LogP contribution in [0.5, 0.6) is 0 Å². The van der Waals surface area contributed by atoms with E-state index in [2.05, 4.69) is 61.1 Å². The zero-order valence-electron chi connectivity index (χ0n) is 44.2. The molecular formula is C56H80N6O9S2. The summed E-state index contributed by atoms with van der Waals surface area (Å²) in [4.78, 5) is 86.9. The van der Waals surface area contributed by atoms with Crippen LogP contribution in [0, 0.1) is 22.7 Å². The molecule has 0 saturated carbocycles. The first-order valence-electron chi connectivity index (χ1n) is 27.0. The Labute approximate surface area is 441 Å². The molecule has 17 heteroatoms. The topological polar surface area (TPSA) is 185 Å². The maximum atomic E-state index is 14.6. The summed E-state index contributed by atoms with van der Waals surface area (Å²) in [5.74, 6) is -0.0136. The van der Waals surface area contributed by atoms with E-state index in [4.69, 9.17) is 14.2 Å². The van der Waals surface area contributed by atoms with Crippen LogP contribution in [0.4, 0.5) is 0 Å². The van der Waals surface area contributed by atoms with Gasteiger partial charge in [0.15, 0.2) is 0 Å². The first-order valence-corrected chi connectivity index (χ1v) is 29.1. The van der Waals surface area contributed by atoms with Gasteiger partial charge in [0.2, 0.25) is 35.4 Å².